The van der Waals surface area contributed by atoms with E-state index in [9.17, 15) is 4.79 Å². The third-order valence-electron chi connectivity index (χ3n) is 2.74. The van der Waals surface area contributed by atoms with Gasteiger partial charge in [-0.2, -0.15) is 0 Å². The summed E-state index contributed by atoms with van der Waals surface area (Å²) in [6.07, 6.45) is 4.35. The fourth-order valence-electron chi connectivity index (χ4n) is 1.79. The van der Waals surface area contributed by atoms with E-state index in [1.54, 1.807) is 36.1 Å². The molecule has 0 aliphatic heterocycles. The highest BCUT2D eigenvalue weighted by Gasteiger charge is 2.09. The van der Waals surface area contributed by atoms with E-state index in [1.807, 2.05) is 18.3 Å². The fraction of sp³-hybridized carbons (Fsp3) is 0.214. The van der Waals surface area contributed by atoms with Crippen LogP contribution in [0.1, 0.15) is 15.9 Å². The largest absolute Gasteiger partial charge is 0.497 e. The first kappa shape index (κ1) is 12.4. The van der Waals surface area contributed by atoms with E-state index in [-0.39, 0.29) is 5.91 Å². The minimum atomic E-state index is -0.0721. The molecule has 1 heterocycles. The standard InChI is InChI=1S/C14H16N2O2/c1-18-13-4-2-3-12(9-13)14(17)16-8-6-11(10-16)5-7-15/h2-4,6,8-10H,5,7,15H2,1H3. The van der Waals surface area contributed by atoms with Crippen LogP contribution < -0.4 is 10.5 Å². The van der Waals surface area contributed by atoms with Crippen LogP contribution in [-0.2, 0) is 6.42 Å². The number of rotatable bonds is 4. The molecule has 0 spiro atoms. The molecular formula is C14H16N2O2. The second kappa shape index (κ2) is 5.51. The summed E-state index contributed by atoms with van der Waals surface area (Å²) in [4.78, 5) is 12.2. The normalized spacial score (nSPS) is 10.3. The van der Waals surface area contributed by atoms with Crippen molar-refractivity contribution in [1.82, 2.24) is 4.57 Å². The molecule has 18 heavy (non-hydrogen) atoms. The van der Waals surface area contributed by atoms with Crippen molar-refractivity contribution < 1.29 is 9.53 Å². The molecule has 0 saturated carbocycles. The van der Waals surface area contributed by atoms with Crippen LogP contribution in [0.3, 0.4) is 0 Å². The molecule has 0 saturated heterocycles. The van der Waals surface area contributed by atoms with Gasteiger partial charge in [-0.25, -0.2) is 0 Å². The zero-order valence-electron chi connectivity index (χ0n) is 10.3. The Morgan fingerprint density at radius 1 is 1.39 bits per heavy atom. The number of benzene rings is 1. The molecule has 0 fully saturated rings. The lowest BCUT2D eigenvalue weighted by Crippen LogP contribution is -2.10. The molecule has 2 rings (SSSR count). The number of nitrogens with zero attached hydrogens (tertiary/aromatic N) is 1. The highest BCUT2D eigenvalue weighted by atomic mass is 16.5. The van der Waals surface area contributed by atoms with Crippen LogP contribution in [0.15, 0.2) is 42.7 Å². The van der Waals surface area contributed by atoms with Gasteiger partial charge in [-0.3, -0.25) is 9.36 Å². The van der Waals surface area contributed by atoms with Crippen LogP contribution in [-0.4, -0.2) is 24.1 Å². The zero-order valence-corrected chi connectivity index (χ0v) is 10.3. The zero-order chi connectivity index (χ0) is 13.0. The van der Waals surface area contributed by atoms with Crippen molar-refractivity contribution in [2.45, 2.75) is 6.42 Å². The van der Waals surface area contributed by atoms with Crippen molar-refractivity contribution >= 4 is 5.91 Å². The number of ether oxygens (including phenoxy) is 1. The van der Waals surface area contributed by atoms with Crippen molar-refractivity contribution in [1.29, 1.82) is 0 Å². The third kappa shape index (κ3) is 2.60. The average molecular weight is 244 g/mol. The van der Waals surface area contributed by atoms with Gasteiger partial charge in [0.25, 0.3) is 5.91 Å². The van der Waals surface area contributed by atoms with E-state index >= 15 is 0 Å². The Morgan fingerprint density at radius 2 is 2.22 bits per heavy atom. The summed E-state index contributed by atoms with van der Waals surface area (Å²) in [5, 5.41) is 0. The number of nitrogens with two attached hydrogens (primary N) is 1. The van der Waals surface area contributed by atoms with Crippen LogP contribution in [0.2, 0.25) is 0 Å². The maximum absolute atomic E-state index is 12.2. The molecule has 2 aromatic rings. The molecule has 1 aromatic heterocycles. The van der Waals surface area contributed by atoms with Crippen molar-refractivity contribution in [3.63, 3.8) is 0 Å². The minimum Gasteiger partial charge on any atom is -0.497 e. The van der Waals surface area contributed by atoms with Gasteiger partial charge in [0.15, 0.2) is 0 Å². The second-order valence-electron chi connectivity index (χ2n) is 4.00. The first-order valence-electron chi connectivity index (χ1n) is 5.80. The maximum atomic E-state index is 12.2. The highest BCUT2D eigenvalue weighted by Crippen LogP contribution is 2.14. The van der Waals surface area contributed by atoms with Crippen LogP contribution in [0.5, 0.6) is 5.75 Å². The van der Waals surface area contributed by atoms with Gasteiger partial charge >= 0.3 is 0 Å². The van der Waals surface area contributed by atoms with Crippen LogP contribution >= 0.6 is 0 Å². The van der Waals surface area contributed by atoms with Gasteiger partial charge in [-0.05, 0) is 42.8 Å². The lowest BCUT2D eigenvalue weighted by molar-refractivity contribution is 0.0960. The highest BCUT2D eigenvalue weighted by molar-refractivity contribution is 5.96. The van der Waals surface area contributed by atoms with Gasteiger partial charge < -0.3 is 10.5 Å². The lowest BCUT2D eigenvalue weighted by Gasteiger charge is -2.04. The number of hydrogen-bond donors (Lipinski definition) is 1. The quantitative estimate of drug-likeness (QED) is 0.890. The van der Waals surface area contributed by atoms with Crippen molar-refractivity contribution in [3.05, 3.63) is 53.9 Å². The van der Waals surface area contributed by atoms with E-state index in [0.29, 0.717) is 17.9 Å². The molecule has 0 aliphatic rings. The molecular weight excluding hydrogens is 228 g/mol. The summed E-state index contributed by atoms with van der Waals surface area (Å²) in [6.45, 7) is 0.581. The molecule has 0 unspecified atom stereocenters. The summed E-state index contributed by atoms with van der Waals surface area (Å²) in [5.41, 5.74) is 7.15. The summed E-state index contributed by atoms with van der Waals surface area (Å²) in [7, 11) is 1.58. The van der Waals surface area contributed by atoms with E-state index in [4.69, 9.17) is 10.5 Å². The Kier molecular flexibility index (Phi) is 3.79. The molecule has 4 nitrogen and oxygen atoms in total. The van der Waals surface area contributed by atoms with Gasteiger partial charge in [-0.1, -0.05) is 6.07 Å². The van der Waals surface area contributed by atoms with E-state index in [0.717, 1.165) is 12.0 Å². The maximum Gasteiger partial charge on any atom is 0.261 e. The second-order valence-corrected chi connectivity index (χ2v) is 4.00. The summed E-state index contributed by atoms with van der Waals surface area (Å²) in [6, 6.07) is 9.02. The van der Waals surface area contributed by atoms with E-state index < -0.39 is 0 Å². The van der Waals surface area contributed by atoms with Crippen LogP contribution in [0, 0.1) is 0 Å². The first-order chi connectivity index (χ1) is 8.74. The van der Waals surface area contributed by atoms with Crippen molar-refractivity contribution in [3.8, 4) is 5.75 Å². The Labute approximate surface area is 106 Å². The van der Waals surface area contributed by atoms with E-state index in [2.05, 4.69) is 0 Å². The monoisotopic (exact) mass is 244 g/mol. The Bertz CT molecular complexity index is 546. The fourth-order valence-corrected chi connectivity index (χ4v) is 1.79. The summed E-state index contributed by atoms with van der Waals surface area (Å²) >= 11 is 0. The number of carbonyl (C=O) groups excluding carboxylic acids is 1. The Hall–Kier alpha value is -2.07. The number of hydrogen-bond acceptors (Lipinski definition) is 3. The first-order valence-corrected chi connectivity index (χ1v) is 5.80. The van der Waals surface area contributed by atoms with E-state index in [1.165, 1.54) is 0 Å². The molecule has 2 N–H and O–H groups in total. The van der Waals surface area contributed by atoms with Crippen LogP contribution in [0.4, 0.5) is 0 Å². The molecule has 1 aromatic carbocycles. The summed E-state index contributed by atoms with van der Waals surface area (Å²) < 4.78 is 6.68. The average Bonchev–Trinajstić information content (AvgIpc) is 2.87. The van der Waals surface area contributed by atoms with Gasteiger partial charge in [-0.15, -0.1) is 0 Å². The van der Waals surface area contributed by atoms with Gasteiger partial charge in [0.2, 0.25) is 0 Å². The lowest BCUT2D eigenvalue weighted by atomic mass is 10.2. The third-order valence-corrected chi connectivity index (χ3v) is 2.74. The summed E-state index contributed by atoms with van der Waals surface area (Å²) in [5.74, 6) is 0.604. The molecule has 0 radical (unpaired) electrons. The SMILES string of the molecule is COc1cccc(C(=O)n2ccc(CCN)c2)c1. The molecule has 4 heteroatoms. The van der Waals surface area contributed by atoms with Gasteiger partial charge in [0.1, 0.15) is 5.75 Å². The molecule has 94 valence electrons. The van der Waals surface area contributed by atoms with Crippen molar-refractivity contribution in [2.24, 2.45) is 5.73 Å². The minimum absolute atomic E-state index is 0.0721. The van der Waals surface area contributed by atoms with Crippen LogP contribution in [0.25, 0.3) is 0 Å². The molecule has 0 atom stereocenters. The molecule has 0 aliphatic carbocycles. The number of methoxy groups -OCH3 is 1. The molecule has 0 bridgehead atoms. The number of carbonyl (C=O) groups is 1. The predicted molar refractivity (Wildman–Crippen MR) is 69.9 cm³/mol. The Balaban J connectivity index is 2.23. The van der Waals surface area contributed by atoms with Crippen molar-refractivity contribution in [2.75, 3.05) is 13.7 Å². The predicted octanol–water partition coefficient (Wildman–Crippen LogP) is 1.69. The smallest absolute Gasteiger partial charge is 0.261 e. The number of aromatic nitrogens is 1. The van der Waals surface area contributed by atoms with Gasteiger partial charge in [0, 0.05) is 18.0 Å². The van der Waals surface area contributed by atoms with Gasteiger partial charge in [0.05, 0.1) is 7.11 Å². The topological polar surface area (TPSA) is 57.2 Å². The molecule has 0 amide bonds. The Morgan fingerprint density at radius 3 is 2.94 bits per heavy atom.